The number of nitrogens with zero attached hydrogens (tertiary/aromatic N) is 4. The molecule has 3 rings (SSSR count). The maximum absolute atomic E-state index is 11.8. The molecule has 1 amide bonds. The Bertz CT molecular complexity index is 863. The van der Waals surface area contributed by atoms with Crippen LogP contribution < -0.4 is 5.32 Å². The molecule has 0 aliphatic rings. The third-order valence-corrected chi connectivity index (χ3v) is 4.54. The van der Waals surface area contributed by atoms with Crippen molar-refractivity contribution in [3.8, 4) is 17.1 Å². The van der Waals surface area contributed by atoms with Crippen LogP contribution in [0.4, 0.5) is 0 Å². The molecule has 0 aliphatic heterocycles. The molecule has 128 valence electrons. The van der Waals surface area contributed by atoms with Gasteiger partial charge in [-0.1, -0.05) is 30.0 Å². The van der Waals surface area contributed by atoms with Crippen LogP contribution in [-0.2, 0) is 4.79 Å². The van der Waals surface area contributed by atoms with E-state index in [2.05, 4.69) is 20.5 Å². The first kappa shape index (κ1) is 17.2. The summed E-state index contributed by atoms with van der Waals surface area (Å²) in [4.78, 5) is 16.0. The molecule has 0 spiro atoms. The molecule has 0 fully saturated rings. The first-order valence-electron chi connectivity index (χ1n) is 8.02. The number of carbonyl (C=O) groups excluding carboxylic acids is 1. The van der Waals surface area contributed by atoms with Crippen molar-refractivity contribution in [2.24, 2.45) is 0 Å². The molecule has 0 saturated heterocycles. The molecule has 0 radical (unpaired) electrons. The third-order valence-electron chi connectivity index (χ3n) is 3.62. The normalized spacial score (nSPS) is 10.6. The minimum atomic E-state index is -0.0187. The van der Waals surface area contributed by atoms with Gasteiger partial charge in [0.05, 0.1) is 11.4 Å². The summed E-state index contributed by atoms with van der Waals surface area (Å²) in [5.74, 6) is 0.987. The first-order valence-corrected chi connectivity index (χ1v) is 9.00. The van der Waals surface area contributed by atoms with Crippen LogP contribution in [0.25, 0.3) is 17.1 Å². The molecular formula is C18H19N5OS. The summed E-state index contributed by atoms with van der Waals surface area (Å²) in [5.41, 5.74) is 2.97. The molecule has 7 heteroatoms. The molecule has 1 aromatic carbocycles. The highest BCUT2D eigenvalue weighted by atomic mass is 32.2. The summed E-state index contributed by atoms with van der Waals surface area (Å²) < 4.78 is 1.98. The number of aromatic nitrogens is 4. The van der Waals surface area contributed by atoms with Gasteiger partial charge in [-0.2, -0.15) is 0 Å². The molecular weight excluding hydrogens is 334 g/mol. The summed E-state index contributed by atoms with van der Waals surface area (Å²) in [7, 11) is 0. The SMILES string of the molecule is CCNC(=O)CSc1nnc(-c2cccnc2)n1-c1ccccc1C. The molecule has 2 heterocycles. The lowest BCUT2D eigenvalue weighted by atomic mass is 10.2. The predicted molar refractivity (Wildman–Crippen MR) is 98.7 cm³/mol. The second-order valence-corrected chi connectivity index (χ2v) is 6.35. The Morgan fingerprint density at radius 1 is 1.20 bits per heavy atom. The molecule has 0 aliphatic carbocycles. The Labute approximate surface area is 150 Å². The van der Waals surface area contributed by atoms with Crippen LogP contribution in [-0.4, -0.2) is 38.0 Å². The van der Waals surface area contributed by atoms with Gasteiger partial charge in [0, 0.05) is 24.5 Å². The van der Waals surface area contributed by atoms with Gasteiger partial charge >= 0.3 is 0 Å². The van der Waals surface area contributed by atoms with Crippen LogP contribution >= 0.6 is 11.8 Å². The van der Waals surface area contributed by atoms with E-state index in [0.717, 1.165) is 16.8 Å². The summed E-state index contributed by atoms with van der Waals surface area (Å²) in [6.07, 6.45) is 3.49. The number of hydrogen-bond acceptors (Lipinski definition) is 5. The number of para-hydroxylation sites is 1. The van der Waals surface area contributed by atoms with E-state index in [9.17, 15) is 4.79 Å². The van der Waals surface area contributed by atoms with Crippen molar-refractivity contribution in [3.05, 3.63) is 54.4 Å². The van der Waals surface area contributed by atoms with E-state index in [1.165, 1.54) is 11.8 Å². The van der Waals surface area contributed by atoms with Crippen LogP contribution in [0.15, 0.2) is 53.9 Å². The fourth-order valence-electron chi connectivity index (χ4n) is 2.46. The van der Waals surface area contributed by atoms with Gasteiger partial charge in [-0.3, -0.25) is 14.3 Å². The zero-order chi connectivity index (χ0) is 17.6. The van der Waals surface area contributed by atoms with Crippen molar-refractivity contribution in [2.75, 3.05) is 12.3 Å². The second kappa shape index (κ2) is 7.94. The Kier molecular flexibility index (Phi) is 5.45. The molecule has 0 bridgehead atoms. The number of carbonyl (C=O) groups is 1. The number of hydrogen-bond donors (Lipinski definition) is 1. The van der Waals surface area contributed by atoms with Crippen molar-refractivity contribution in [3.63, 3.8) is 0 Å². The van der Waals surface area contributed by atoms with Crippen molar-refractivity contribution in [1.82, 2.24) is 25.1 Å². The van der Waals surface area contributed by atoms with Crippen molar-refractivity contribution >= 4 is 17.7 Å². The number of benzene rings is 1. The second-order valence-electron chi connectivity index (χ2n) is 5.41. The minimum absolute atomic E-state index is 0.0187. The lowest BCUT2D eigenvalue weighted by molar-refractivity contribution is -0.118. The van der Waals surface area contributed by atoms with Gasteiger partial charge in [-0.15, -0.1) is 10.2 Å². The monoisotopic (exact) mass is 353 g/mol. The fraction of sp³-hybridized carbons (Fsp3) is 0.222. The molecule has 3 aromatic rings. The van der Waals surface area contributed by atoms with Gasteiger partial charge in [0.15, 0.2) is 11.0 Å². The lowest BCUT2D eigenvalue weighted by Crippen LogP contribution is -2.24. The minimum Gasteiger partial charge on any atom is -0.356 e. The largest absolute Gasteiger partial charge is 0.356 e. The fourth-order valence-corrected chi connectivity index (χ4v) is 3.23. The maximum Gasteiger partial charge on any atom is 0.230 e. The Hall–Kier alpha value is -2.67. The van der Waals surface area contributed by atoms with Crippen LogP contribution in [0.5, 0.6) is 0 Å². The first-order chi connectivity index (χ1) is 12.2. The molecule has 6 nitrogen and oxygen atoms in total. The molecule has 2 aromatic heterocycles. The maximum atomic E-state index is 11.8. The number of pyridine rings is 1. The van der Waals surface area contributed by atoms with Crippen molar-refractivity contribution < 1.29 is 4.79 Å². The van der Waals surface area contributed by atoms with Crippen LogP contribution in [0.2, 0.25) is 0 Å². The van der Waals surface area contributed by atoms with Crippen molar-refractivity contribution in [2.45, 2.75) is 19.0 Å². The van der Waals surface area contributed by atoms with Gasteiger partial charge in [0.1, 0.15) is 0 Å². The van der Waals surface area contributed by atoms with Gasteiger partial charge in [0.25, 0.3) is 0 Å². The van der Waals surface area contributed by atoms with Crippen LogP contribution in [0.3, 0.4) is 0 Å². The van der Waals surface area contributed by atoms with Gasteiger partial charge in [-0.05, 0) is 37.6 Å². The van der Waals surface area contributed by atoms with E-state index in [1.54, 1.807) is 12.4 Å². The average molecular weight is 353 g/mol. The zero-order valence-electron chi connectivity index (χ0n) is 14.1. The number of nitrogens with one attached hydrogen (secondary N) is 1. The van der Waals surface area contributed by atoms with Crippen LogP contribution in [0.1, 0.15) is 12.5 Å². The van der Waals surface area contributed by atoms with E-state index in [1.807, 2.05) is 54.8 Å². The highest BCUT2D eigenvalue weighted by molar-refractivity contribution is 7.99. The number of thioether (sulfide) groups is 1. The van der Waals surface area contributed by atoms with Gasteiger partial charge in [0.2, 0.25) is 5.91 Å². The van der Waals surface area contributed by atoms with Gasteiger partial charge in [-0.25, -0.2) is 0 Å². The molecule has 25 heavy (non-hydrogen) atoms. The van der Waals surface area contributed by atoms with Gasteiger partial charge < -0.3 is 5.32 Å². The highest BCUT2D eigenvalue weighted by Gasteiger charge is 2.18. The summed E-state index contributed by atoms with van der Waals surface area (Å²) >= 11 is 1.37. The Morgan fingerprint density at radius 3 is 2.76 bits per heavy atom. The third kappa shape index (κ3) is 3.88. The van der Waals surface area contributed by atoms with Crippen molar-refractivity contribution in [1.29, 1.82) is 0 Å². The van der Waals surface area contributed by atoms with E-state index in [0.29, 0.717) is 23.3 Å². The van der Waals surface area contributed by atoms with E-state index in [-0.39, 0.29) is 5.91 Å². The Balaban J connectivity index is 2.03. The molecule has 1 N–H and O–H groups in total. The zero-order valence-corrected chi connectivity index (χ0v) is 15.0. The molecule has 0 unspecified atom stereocenters. The summed E-state index contributed by atoms with van der Waals surface area (Å²) in [5, 5.41) is 12.1. The predicted octanol–water partition coefficient (Wildman–Crippen LogP) is 2.87. The number of amides is 1. The average Bonchev–Trinajstić information content (AvgIpc) is 3.05. The Morgan fingerprint density at radius 2 is 2.04 bits per heavy atom. The van der Waals surface area contributed by atoms with E-state index >= 15 is 0 Å². The topological polar surface area (TPSA) is 72.7 Å². The lowest BCUT2D eigenvalue weighted by Gasteiger charge is -2.12. The summed E-state index contributed by atoms with van der Waals surface area (Å²) in [6, 6.07) is 11.9. The smallest absolute Gasteiger partial charge is 0.230 e. The summed E-state index contributed by atoms with van der Waals surface area (Å²) in [6.45, 7) is 4.56. The molecule has 0 saturated carbocycles. The van der Waals surface area contributed by atoms with Crippen LogP contribution in [0, 0.1) is 6.92 Å². The highest BCUT2D eigenvalue weighted by Crippen LogP contribution is 2.28. The quantitative estimate of drug-likeness (QED) is 0.690. The van der Waals surface area contributed by atoms with E-state index in [4.69, 9.17) is 0 Å². The van der Waals surface area contributed by atoms with E-state index < -0.39 is 0 Å². The standard InChI is InChI=1S/C18H19N5OS/c1-3-20-16(24)12-25-18-22-21-17(14-8-6-10-19-11-14)23(18)15-9-5-4-7-13(15)2/h4-11H,3,12H2,1-2H3,(H,20,24). The molecule has 0 atom stereocenters. The number of rotatable bonds is 6. The number of aryl methyl sites for hydroxylation is 1.